The van der Waals surface area contributed by atoms with Gasteiger partial charge in [0, 0.05) is 6.42 Å². The fourth-order valence-electron chi connectivity index (χ4n) is 7.83. The molecule has 6 unspecified atom stereocenters. The van der Waals surface area contributed by atoms with E-state index in [1.807, 2.05) is 0 Å². The Labute approximate surface area is 389 Å². The van der Waals surface area contributed by atoms with Crippen molar-refractivity contribution in [3.8, 4) is 0 Å². The Morgan fingerprint density at radius 1 is 0.600 bits per heavy atom. The number of unbranched alkanes of at least 4 members (excludes halogenated alkanes) is 26. The van der Waals surface area contributed by atoms with Gasteiger partial charge in [0.15, 0.2) is 6.10 Å². The average molecular weight is 958 g/mol. The van der Waals surface area contributed by atoms with E-state index in [4.69, 9.17) is 9.47 Å². The molecule has 0 saturated heterocycles. The van der Waals surface area contributed by atoms with Crippen LogP contribution in [0.4, 0.5) is 8.78 Å². The molecule has 0 rings (SSSR count). The summed E-state index contributed by atoms with van der Waals surface area (Å²) in [5, 5.41) is 32.3. The molecule has 0 aromatic heterocycles. The smallest absolute Gasteiger partial charge is 0.462 e. The first kappa shape index (κ1) is 62.9. The second kappa shape index (κ2) is 39.9. The number of amides is 1. The Bertz CT molecular complexity index is 1260. The highest BCUT2D eigenvalue weighted by molar-refractivity contribution is 7.46. The molecule has 65 heavy (non-hydrogen) atoms. The maximum absolute atomic E-state index is 15.3. The standard InChI is InChI=1S/C48H90F2NO13P/c1-4-7-10-13-16-19-20-23-26-29-32-35-43(56)62-39(33-30-27-24-21-17-14-11-8-5-2)36-44(57)63-45(46(41(54)38-53)64-65(59,60)61)40(37-52)51-47(58)48(49,50)42(55)34-31-28-25-22-18-15-12-9-6-3/h37,39-42,45-46,53-55H,4-36,38H2,1-3H3,(H,51,58)(H2,59,60,61). The molecule has 0 aromatic carbocycles. The van der Waals surface area contributed by atoms with E-state index >= 15 is 8.78 Å². The van der Waals surface area contributed by atoms with Crippen LogP contribution in [0.3, 0.4) is 0 Å². The molecule has 0 aliphatic carbocycles. The lowest BCUT2D eigenvalue weighted by molar-refractivity contribution is -0.174. The predicted molar refractivity (Wildman–Crippen MR) is 248 cm³/mol. The van der Waals surface area contributed by atoms with Gasteiger partial charge in [0.1, 0.15) is 36.7 Å². The first-order valence-electron chi connectivity index (χ1n) is 25.3. The third-order valence-corrected chi connectivity index (χ3v) is 12.3. The molecule has 14 nitrogen and oxygen atoms in total. The number of hydrogen-bond acceptors (Lipinski definition) is 11. The van der Waals surface area contributed by atoms with E-state index < -0.39 is 87.6 Å². The number of rotatable bonds is 46. The van der Waals surface area contributed by atoms with Gasteiger partial charge in [-0.05, 0) is 25.7 Å². The topological polar surface area (TPSA) is 226 Å². The number of halogens is 2. The van der Waals surface area contributed by atoms with Crippen LogP contribution in [-0.2, 0) is 37.7 Å². The quantitative estimate of drug-likeness (QED) is 0.0145. The summed E-state index contributed by atoms with van der Waals surface area (Å²) in [5.74, 6) is -8.41. The Hall–Kier alpha value is -2.07. The van der Waals surface area contributed by atoms with Gasteiger partial charge >= 0.3 is 25.7 Å². The first-order chi connectivity index (χ1) is 31.1. The van der Waals surface area contributed by atoms with E-state index in [1.54, 1.807) is 5.32 Å². The SMILES string of the molecule is CCCCCCCCCCCCCC(=O)OC(CCCCCCCCCCC)CC(=O)OC(C(C=O)NC(=O)C(F)(F)C(O)CCCCCCCCCCC)C(OP(=O)(O)O)C(O)CO. The van der Waals surface area contributed by atoms with Crippen molar-refractivity contribution in [2.75, 3.05) is 6.61 Å². The van der Waals surface area contributed by atoms with E-state index in [0.29, 0.717) is 19.3 Å². The van der Waals surface area contributed by atoms with E-state index in [-0.39, 0.29) is 25.5 Å². The number of ether oxygens (including phenoxy) is 2. The molecular formula is C48H90F2NO13P. The zero-order valence-electron chi connectivity index (χ0n) is 40.3. The minimum absolute atomic E-state index is 0.0995. The van der Waals surface area contributed by atoms with Crippen LogP contribution in [-0.4, -0.2) is 98.3 Å². The fourth-order valence-corrected chi connectivity index (χ4v) is 8.41. The normalized spacial score (nSPS) is 14.9. The molecule has 0 bridgehead atoms. The zero-order valence-corrected chi connectivity index (χ0v) is 41.2. The Balaban J connectivity index is 5.90. The lowest BCUT2D eigenvalue weighted by atomic mass is 9.99. The number of carbonyl (C=O) groups is 4. The van der Waals surface area contributed by atoms with Crippen LogP contribution in [0.25, 0.3) is 0 Å². The van der Waals surface area contributed by atoms with E-state index in [9.17, 15) is 48.8 Å². The number of aliphatic hydroxyl groups excluding tert-OH is 3. The summed E-state index contributed by atoms with van der Waals surface area (Å²) in [6, 6.07) is -2.32. The van der Waals surface area contributed by atoms with Crippen LogP contribution in [0.5, 0.6) is 0 Å². The molecule has 384 valence electrons. The van der Waals surface area contributed by atoms with Gasteiger partial charge in [-0.3, -0.25) is 18.9 Å². The number of esters is 2. The monoisotopic (exact) mass is 958 g/mol. The molecule has 0 radical (unpaired) electrons. The van der Waals surface area contributed by atoms with Crippen LogP contribution >= 0.6 is 7.82 Å². The molecule has 0 fully saturated rings. The van der Waals surface area contributed by atoms with E-state index in [2.05, 4.69) is 25.3 Å². The lowest BCUT2D eigenvalue weighted by Crippen LogP contribution is -2.59. The number of nitrogens with one attached hydrogen (secondary N) is 1. The lowest BCUT2D eigenvalue weighted by Gasteiger charge is -2.34. The van der Waals surface area contributed by atoms with Crippen LogP contribution in [0, 0.1) is 0 Å². The van der Waals surface area contributed by atoms with Crippen molar-refractivity contribution in [3.05, 3.63) is 0 Å². The molecule has 0 aliphatic rings. The minimum atomic E-state index is -5.60. The third kappa shape index (κ3) is 33.1. The third-order valence-electron chi connectivity index (χ3n) is 11.8. The van der Waals surface area contributed by atoms with Crippen molar-refractivity contribution in [1.29, 1.82) is 0 Å². The maximum atomic E-state index is 15.3. The van der Waals surface area contributed by atoms with Gasteiger partial charge in [0.25, 0.3) is 5.91 Å². The van der Waals surface area contributed by atoms with Gasteiger partial charge in [0.2, 0.25) is 0 Å². The second-order valence-corrected chi connectivity index (χ2v) is 19.1. The van der Waals surface area contributed by atoms with Gasteiger partial charge in [-0.2, -0.15) is 8.78 Å². The van der Waals surface area contributed by atoms with Gasteiger partial charge in [0.05, 0.1) is 13.0 Å². The summed E-state index contributed by atoms with van der Waals surface area (Å²) >= 11 is 0. The summed E-state index contributed by atoms with van der Waals surface area (Å²) in [6.45, 7) is 5.20. The highest BCUT2D eigenvalue weighted by atomic mass is 31.2. The van der Waals surface area contributed by atoms with Crippen molar-refractivity contribution < 1.29 is 71.6 Å². The molecule has 1 amide bonds. The van der Waals surface area contributed by atoms with Crippen molar-refractivity contribution in [2.24, 2.45) is 0 Å². The van der Waals surface area contributed by atoms with Crippen LogP contribution in [0.2, 0.25) is 0 Å². The van der Waals surface area contributed by atoms with Crippen molar-refractivity contribution in [3.63, 3.8) is 0 Å². The molecule has 17 heteroatoms. The Morgan fingerprint density at radius 3 is 1.40 bits per heavy atom. The van der Waals surface area contributed by atoms with E-state index in [1.165, 1.54) is 51.4 Å². The molecular weight excluding hydrogens is 867 g/mol. The average Bonchev–Trinajstić information content (AvgIpc) is 3.26. The molecule has 0 aliphatic heterocycles. The summed E-state index contributed by atoms with van der Waals surface area (Å²) in [6.07, 6.45) is 17.3. The maximum Gasteiger partial charge on any atom is 0.470 e. The number of hydrogen-bond donors (Lipinski definition) is 6. The zero-order chi connectivity index (χ0) is 48.8. The number of alkyl halides is 2. The Morgan fingerprint density at radius 2 is 1.00 bits per heavy atom. The minimum Gasteiger partial charge on any atom is -0.462 e. The largest absolute Gasteiger partial charge is 0.470 e. The summed E-state index contributed by atoms with van der Waals surface area (Å²) in [7, 11) is -5.60. The van der Waals surface area contributed by atoms with Crippen LogP contribution in [0.15, 0.2) is 0 Å². The van der Waals surface area contributed by atoms with Crippen LogP contribution < -0.4 is 5.32 Å². The molecule has 0 heterocycles. The van der Waals surface area contributed by atoms with Gasteiger partial charge in [-0.1, -0.05) is 194 Å². The van der Waals surface area contributed by atoms with Crippen molar-refractivity contribution >= 4 is 32.0 Å². The molecule has 0 aromatic rings. The fraction of sp³-hybridized carbons (Fsp3) is 0.917. The second-order valence-electron chi connectivity index (χ2n) is 17.9. The van der Waals surface area contributed by atoms with E-state index in [0.717, 1.165) is 109 Å². The first-order valence-corrected chi connectivity index (χ1v) is 26.8. The summed E-state index contributed by atoms with van der Waals surface area (Å²) in [5.41, 5.74) is 0. The Kier molecular flexibility index (Phi) is 38.6. The van der Waals surface area contributed by atoms with Crippen molar-refractivity contribution in [2.45, 2.75) is 275 Å². The highest BCUT2D eigenvalue weighted by Crippen LogP contribution is 2.40. The summed E-state index contributed by atoms with van der Waals surface area (Å²) in [4.78, 5) is 71.3. The number of phosphoric acid groups is 1. The molecule has 6 N–H and O–H groups in total. The van der Waals surface area contributed by atoms with Crippen LogP contribution in [0.1, 0.15) is 233 Å². The number of aliphatic hydroxyl groups is 3. The number of aldehydes is 1. The summed E-state index contributed by atoms with van der Waals surface area (Å²) < 4.78 is 58.3. The molecule has 6 atom stereocenters. The molecule has 0 spiro atoms. The highest BCUT2D eigenvalue weighted by Gasteiger charge is 2.49. The number of carbonyl (C=O) groups excluding carboxylic acids is 4. The van der Waals surface area contributed by atoms with Gasteiger partial charge < -0.3 is 44.7 Å². The van der Waals surface area contributed by atoms with Crippen molar-refractivity contribution in [1.82, 2.24) is 5.32 Å². The van der Waals surface area contributed by atoms with Gasteiger partial charge in [-0.15, -0.1) is 0 Å². The van der Waals surface area contributed by atoms with Gasteiger partial charge in [-0.25, -0.2) is 4.57 Å². The number of phosphoric ester groups is 1. The predicted octanol–water partition coefficient (Wildman–Crippen LogP) is 10.3. The molecule has 0 saturated carbocycles.